The lowest BCUT2D eigenvalue weighted by atomic mass is 10.0. The lowest BCUT2D eigenvalue weighted by Gasteiger charge is -2.31. The number of likely N-dealkylation sites (tertiary alicyclic amines) is 1. The van der Waals surface area contributed by atoms with E-state index in [1.165, 1.54) is 44.3 Å². The molecule has 2 rings (SSSR count). The van der Waals surface area contributed by atoms with Crippen LogP contribution in [0.15, 0.2) is 12.2 Å². The van der Waals surface area contributed by atoms with Crippen LogP contribution in [0.4, 0.5) is 0 Å². The van der Waals surface area contributed by atoms with Crippen molar-refractivity contribution >= 4 is 0 Å². The predicted octanol–water partition coefficient (Wildman–Crippen LogP) is 2.45. The van der Waals surface area contributed by atoms with Crippen LogP contribution in [0.2, 0.25) is 0 Å². The zero-order valence-electron chi connectivity index (χ0n) is 9.87. The second-order valence-corrected chi connectivity index (χ2v) is 5.08. The van der Waals surface area contributed by atoms with Crippen LogP contribution in [0.5, 0.6) is 0 Å². The van der Waals surface area contributed by atoms with Gasteiger partial charge in [0.1, 0.15) is 0 Å². The first kappa shape index (κ1) is 11.2. The molecule has 0 N–H and O–H groups in total. The van der Waals surface area contributed by atoms with Gasteiger partial charge in [-0.3, -0.25) is 4.90 Å². The van der Waals surface area contributed by atoms with Gasteiger partial charge in [-0.1, -0.05) is 12.2 Å². The molecule has 2 aliphatic rings. The molecular weight excluding hydrogens is 186 g/mol. The summed E-state index contributed by atoms with van der Waals surface area (Å²) in [6, 6.07) is 0.645. The van der Waals surface area contributed by atoms with Crippen LogP contribution in [0.25, 0.3) is 0 Å². The molecule has 0 amide bonds. The topological polar surface area (TPSA) is 12.5 Å². The van der Waals surface area contributed by atoms with Gasteiger partial charge in [-0.25, -0.2) is 0 Å². The standard InChI is InChI=1S/C13H23NO/c1-11(2)13-6-3-7-14(13)9-12-5-4-8-15-10-12/h12-13H,1,3-10H2,2H3. The maximum atomic E-state index is 5.54. The molecule has 0 bridgehead atoms. The normalized spacial score (nSPS) is 33.1. The maximum Gasteiger partial charge on any atom is 0.0506 e. The first-order valence-corrected chi connectivity index (χ1v) is 6.24. The molecule has 2 unspecified atom stereocenters. The van der Waals surface area contributed by atoms with Gasteiger partial charge in [0.05, 0.1) is 6.61 Å². The van der Waals surface area contributed by atoms with Crippen molar-refractivity contribution in [3.05, 3.63) is 12.2 Å². The second kappa shape index (κ2) is 5.13. The van der Waals surface area contributed by atoms with Gasteiger partial charge in [0.15, 0.2) is 0 Å². The Morgan fingerprint density at radius 2 is 2.27 bits per heavy atom. The van der Waals surface area contributed by atoms with Crippen LogP contribution in [-0.4, -0.2) is 37.2 Å². The fourth-order valence-corrected chi connectivity index (χ4v) is 2.89. The van der Waals surface area contributed by atoms with E-state index in [1.807, 2.05) is 0 Å². The van der Waals surface area contributed by atoms with E-state index in [1.54, 1.807) is 0 Å². The number of nitrogens with zero attached hydrogens (tertiary/aromatic N) is 1. The van der Waals surface area contributed by atoms with E-state index < -0.39 is 0 Å². The van der Waals surface area contributed by atoms with Crippen LogP contribution in [0.1, 0.15) is 32.6 Å². The Morgan fingerprint density at radius 3 is 2.93 bits per heavy atom. The quantitative estimate of drug-likeness (QED) is 0.662. The summed E-state index contributed by atoms with van der Waals surface area (Å²) in [7, 11) is 0. The molecule has 86 valence electrons. The molecule has 2 heteroatoms. The van der Waals surface area contributed by atoms with Crippen molar-refractivity contribution in [2.75, 3.05) is 26.3 Å². The Labute approximate surface area is 93.3 Å². The predicted molar refractivity (Wildman–Crippen MR) is 63.0 cm³/mol. The largest absolute Gasteiger partial charge is 0.381 e. The van der Waals surface area contributed by atoms with Crippen molar-refractivity contribution in [3.8, 4) is 0 Å². The van der Waals surface area contributed by atoms with E-state index in [4.69, 9.17) is 4.74 Å². The third-order valence-corrected chi connectivity index (χ3v) is 3.68. The highest BCUT2D eigenvalue weighted by Gasteiger charge is 2.27. The Balaban J connectivity index is 1.84. The Hall–Kier alpha value is -0.340. The summed E-state index contributed by atoms with van der Waals surface area (Å²) in [4.78, 5) is 2.61. The third-order valence-electron chi connectivity index (χ3n) is 3.68. The van der Waals surface area contributed by atoms with Gasteiger partial charge in [-0.2, -0.15) is 0 Å². The summed E-state index contributed by atoms with van der Waals surface area (Å²) >= 11 is 0. The van der Waals surface area contributed by atoms with Crippen molar-refractivity contribution in [1.82, 2.24) is 4.90 Å². The number of rotatable bonds is 3. The van der Waals surface area contributed by atoms with Gasteiger partial charge in [0, 0.05) is 19.2 Å². The van der Waals surface area contributed by atoms with Gasteiger partial charge in [0.25, 0.3) is 0 Å². The summed E-state index contributed by atoms with van der Waals surface area (Å²) in [5.41, 5.74) is 1.34. The third kappa shape index (κ3) is 2.82. The molecule has 2 aliphatic heterocycles. The van der Waals surface area contributed by atoms with Gasteiger partial charge in [-0.15, -0.1) is 0 Å². The summed E-state index contributed by atoms with van der Waals surface area (Å²) in [6.45, 7) is 10.7. The first-order chi connectivity index (χ1) is 7.27. The SMILES string of the molecule is C=C(C)C1CCCN1CC1CCCOC1. The highest BCUT2D eigenvalue weighted by molar-refractivity contribution is 5.05. The van der Waals surface area contributed by atoms with Gasteiger partial charge >= 0.3 is 0 Å². The Kier molecular flexibility index (Phi) is 3.81. The van der Waals surface area contributed by atoms with Crippen molar-refractivity contribution in [2.24, 2.45) is 5.92 Å². The van der Waals surface area contributed by atoms with Gasteiger partial charge in [0.2, 0.25) is 0 Å². The summed E-state index contributed by atoms with van der Waals surface area (Å²) in [5, 5.41) is 0. The van der Waals surface area contributed by atoms with Crippen molar-refractivity contribution in [2.45, 2.75) is 38.6 Å². The molecule has 0 aromatic carbocycles. The average molecular weight is 209 g/mol. The maximum absolute atomic E-state index is 5.54. The van der Waals surface area contributed by atoms with Crippen LogP contribution >= 0.6 is 0 Å². The molecule has 0 aromatic heterocycles. The number of hydrogen-bond donors (Lipinski definition) is 0. The molecular formula is C13H23NO. The molecule has 0 aromatic rings. The van der Waals surface area contributed by atoms with Crippen molar-refractivity contribution in [1.29, 1.82) is 0 Å². The van der Waals surface area contributed by atoms with Crippen molar-refractivity contribution < 1.29 is 4.74 Å². The van der Waals surface area contributed by atoms with Crippen LogP contribution in [-0.2, 0) is 4.74 Å². The fraction of sp³-hybridized carbons (Fsp3) is 0.846. The van der Waals surface area contributed by atoms with Gasteiger partial charge in [-0.05, 0) is 45.1 Å². The van der Waals surface area contributed by atoms with Crippen LogP contribution in [0.3, 0.4) is 0 Å². The monoisotopic (exact) mass is 209 g/mol. The number of ether oxygens (including phenoxy) is 1. The first-order valence-electron chi connectivity index (χ1n) is 6.24. The highest BCUT2D eigenvalue weighted by Crippen LogP contribution is 2.25. The average Bonchev–Trinajstić information content (AvgIpc) is 2.67. The number of hydrogen-bond acceptors (Lipinski definition) is 2. The van der Waals surface area contributed by atoms with E-state index in [0.717, 1.165) is 19.1 Å². The summed E-state index contributed by atoms with van der Waals surface area (Å²) < 4.78 is 5.54. The molecule has 2 nitrogen and oxygen atoms in total. The Morgan fingerprint density at radius 1 is 1.40 bits per heavy atom. The minimum absolute atomic E-state index is 0.645. The zero-order valence-corrected chi connectivity index (χ0v) is 9.87. The summed E-state index contributed by atoms with van der Waals surface area (Å²) in [6.07, 6.45) is 5.24. The molecule has 15 heavy (non-hydrogen) atoms. The molecule has 0 radical (unpaired) electrons. The molecule has 2 atom stereocenters. The van der Waals surface area contributed by atoms with E-state index in [0.29, 0.717) is 6.04 Å². The molecule has 0 spiro atoms. The minimum atomic E-state index is 0.645. The molecule has 0 aliphatic carbocycles. The van der Waals surface area contributed by atoms with Crippen LogP contribution < -0.4 is 0 Å². The smallest absolute Gasteiger partial charge is 0.0506 e. The van der Waals surface area contributed by atoms with Crippen molar-refractivity contribution in [3.63, 3.8) is 0 Å². The summed E-state index contributed by atoms with van der Waals surface area (Å²) in [5.74, 6) is 0.763. The zero-order chi connectivity index (χ0) is 10.7. The van der Waals surface area contributed by atoms with E-state index in [9.17, 15) is 0 Å². The van der Waals surface area contributed by atoms with E-state index in [-0.39, 0.29) is 0 Å². The van der Waals surface area contributed by atoms with Gasteiger partial charge < -0.3 is 4.74 Å². The molecule has 2 fully saturated rings. The molecule has 2 saturated heterocycles. The molecule has 0 saturated carbocycles. The van der Waals surface area contributed by atoms with Crippen LogP contribution in [0, 0.1) is 5.92 Å². The Bertz CT molecular complexity index is 221. The fourth-order valence-electron chi connectivity index (χ4n) is 2.89. The van der Waals surface area contributed by atoms with E-state index >= 15 is 0 Å². The minimum Gasteiger partial charge on any atom is -0.381 e. The molecule has 2 heterocycles. The highest BCUT2D eigenvalue weighted by atomic mass is 16.5. The lowest BCUT2D eigenvalue weighted by molar-refractivity contribution is 0.0384. The lowest BCUT2D eigenvalue weighted by Crippen LogP contribution is -2.37. The van der Waals surface area contributed by atoms with E-state index in [2.05, 4.69) is 18.4 Å². The second-order valence-electron chi connectivity index (χ2n) is 5.08.